The van der Waals surface area contributed by atoms with Gasteiger partial charge in [0.15, 0.2) is 6.61 Å². The summed E-state index contributed by atoms with van der Waals surface area (Å²) in [4.78, 5) is 11.6. The summed E-state index contributed by atoms with van der Waals surface area (Å²) >= 11 is 5.90. The lowest BCUT2D eigenvalue weighted by molar-refractivity contribution is -0.123. The molecule has 0 saturated carbocycles. The smallest absolute Gasteiger partial charge is 0.277 e. The number of hydrazone groups is 1. The highest BCUT2D eigenvalue weighted by Crippen LogP contribution is 2.21. The minimum Gasteiger partial charge on any atom is -0.508 e. The number of phenols is 2. The van der Waals surface area contributed by atoms with Gasteiger partial charge in [0.25, 0.3) is 5.91 Å². The number of hydrogen-bond acceptors (Lipinski definition) is 5. The molecule has 2 rings (SSSR count). The molecule has 0 aliphatic heterocycles. The van der Waals surface area contributed by atoms with Gasteiger partial charge in [-0.25, -0.2) is 5.43 Å². The summed E-state index contributed by atoms with van der Waals surface area (Å²) in [5.74, 6) is -0.124. The number of aromatic hydroxyl groups is 2. The number of rotatable bonds is 5. The number of carbonyl (C=O) groups excluding carboxylic acids is 1. The quantitative estimate of drug-likeness (QED) is 0.579. The zero-order chi connectivity index (χ0) is 16.8. The van der Waals surface area contributed by atoms with Crippen LogP contribution in [0.3, 0.4) is 0 Å². The maximum Gasteiger partial charge on any atom is 0.277 e. The molecule has 1 amide bonds. The molecule has 0 aliphatic rings. The Labute approximate surface area is 138 Å². The summed E-state index contributed by atoms with van der Waals surface area (Å²) in [6, 6.07) is 9.13. The Bertz CT molecular complexity index is 747. The number of nitrogens with zero attached hydrogens (tertiary/aromatic N) is 1. The average molecular weight is 335 g/mol. The van der Waals surface area contributed by atoms with E-state index in [1.165, 1.54) is 24.4 Å². The molecule has 6 nitrogen and oxygen atoms in total. The summed E-state index contributed by atoms with van der Waals surface area (Å²) in [6.45, 7) is 1.63. The summed E-state index contributed by atoms with van der Waals surface area (Å²) in [5.41, 5.74) is 3.49. The molecule has 0 radical (unpaired) electrons. The predicted molar refractivity (Wildman–Crippen MR) is 87.2 cm³/mol. The number of nitrogens with one attached hydrogen (secondary N) is 1. The number of hydrogen-bond donors (Lipinski definition) is 3. The maximum absolute atomic E-state index is 11.6. The van der Waals surface area contributed by atoms with Gasteiger partial charge in [0.05, 0.1) is 6.21 Å². The zero-order valence-electron chi connectivity index (χ0n) is 12.3. The number of amides is 1. The lowest BCUT2D eigenvalue weighted by Crippen LogP contribution is -2.24. The van der Waals surface area contributed by atoms with E-state index in [2.05, 4.69) is 10.5 Å². The Morgan fingerprint density at radius 1 is 1.30 bits per heavy atom. The first-order valence-corrected chi connectivity index (χ1v) is 7.06. The van der Waals surface area contributed by atoms with Crippen molar-refractivity contribution in [2.24, 2.45) is 5.10 Å². The van der Waals surface area contributed by atoms with Gasteiger partial charge in [-0.15, -0.1) is 0 Å². The second-order valence-electron chi connectivity index (χ2n) is 4.74. The summed E-state index contributed by atoms with van der Waals surface area (Å²) in [6.07, 6.45) is 1.26. The van der Waals surface area contributed by atoms with E-state index >= 15 is 0 Å². The number of phenolic OH excluding ortho intramolecular Hbond substituents is 2. The van der Waals surface area contributed by atoms with E-state index in [-0.39, 0.29) is 18.1 Å². The van der Waals surface area contributed by atoms with Crippen LogP contribution >= 0.6 is 11.6 Å². The van der Waals surface area contributed by atoms with Gasteiger partial charge in [-0.1, -0.05) is 11.6 Å². The van der Waals surface area contributed by atoms with Crippen molar-refractivity contribution in [3.63, 3.8) is 0 Å². The van der Waals surface area contributed by atoms with Crippen LogP contribution in [-0.2, 0) is 4.79 Å². The van der Waals surface area contributed by atoms with Crippen LogP contribution in [0.1, 0.15) is 11.1 Å². The van der Waals surface area contributed by atoms with Crippen molar-refractivity contribution < 1.29 is 19.7 Å². The van der Waals surface area contributed by atoms with Gasteiger partial charge in [0.2, 0.25) is 0 Å². The van der Waals surface area contributed by atoms with E-state index in [0.717, 1.165) is 5.56 Å². The molecule has 2 aromatic rings. The fourth-order valence-corrected chi connectivity index (χ4v) is 1.82. The molecular weight excluding hydrogens is 320 g/mol. The van der Waals surface area contributed by atoms with Gasteiger partial charge in [0.1, 0.15) is 17.2 Å². The van der Waals surface area contributed by atoms with Gasteiger partial charge < -0.3 is 14.9 Å². The fourth-order valence-electron chi connectivity index (χ4n) is 1.70. The number of halogens is 1. The Morgan fingerprint density at radius 3 is 2.78 bits per heavy atom. The van der Waals surface area contributed by atoms with Crippen molar-refractivity contribution in [1.82, 2.24) is 5.43 Å². The molecule has 0 aromatic heterocycles. The van der Waals surface area contributed by atoms with Crippen LogP contribution in [0.5, 0.6) is 17.2 Å². The van der Waals surface area contributed by atoms with Crippen molar-refractivity contribution in [2.75, 3.05) is 6.61 Å². The highest BCUT2D eigenvalue weighted by Gasteiger charge is 2.04. The first kappa shape index (κ1) is 16.6. The van der Waals surface area contributed by atoms with Crippen molar-refractivity contribution in [2.45, 2.75) is 6.92 Å². The summed E-state index contributed by atoms with van der Waals surface area (Å²) in [7, 11) is 0. The number of benzene rings is 2. The normalized spacial score (nSPS) is 10.7. The topological polar surface area (TPSA) is 91.2 Å². The predicted octanol–water partition coefficient (Wildman–Crippen LogP) is 2.59. The number of aryl methyl sites for hydroxylation is 1. The lowest BCUT2D eigenvalue weighted by Gasteiger charge is -2.06. The van der Waals surface area contributed by atoms with Crippen LogP contribution in [0.15, 0.2) is 41.5 Å². The van der Waals surface area contributed by atoms with Gasteiger partial charge >= 0.3 is 0 Å². The van der Waals surface area contributed by atoms with Crippen molar-refractivity contribution in [1.29, 1.82) is 0 Å². The van der Waals surface area contributed by atoms with Crippen LogP contribution in [0.4, 0.5) is 0 Å². The van der Waals surface area contributed by atoms with Crippen LogP contribution in [-0.4, -0.2) is 28.9 Å². The Hall–Kier alpha value is -2.73. The zero-order valence-corrected chi connectivity index (χ0v) is 13.0. The third-order valence-corrected chi connectivity index (χ3v) is 3.33. The molecule has 2 aromatic carbocycles. The largest absolute Gasteiger partial charge is 0.508 e. The van der Waals surface area contributed by atoms with E-state index in [0.29, 0.717) is 16.3 Å². The van der Waals surface area contributed by atoms with Crippen molar-refractivity contribution in [3.8, 4) is 17.2 Å². The Kier molecular flexibility index (Phi) is 5.43. The summed E-state index contributed by atoms with van der Waals surface area (Å²) in [5, 5.41) is 23.1. The molecule has 0 saturated heterocycles. The molecular formula is C16H15ClN2O4. The van der Waals surface area contributed by atoms with Crippen LogP contribution in [0, 0.1) is 6.92 Å². The number of ether oxygens (including phenoxy) is 1. The SMILES string of the molecule is Cc1cc(OCC(=O)N/N=C/c2ccc(O)cc2O)ccc1Cl. The van der Waals surface area contributed by atoms with Crippen molar-refractivity contribution >= 4 is 23.7 Å². The molecule has 0 bridgehead atoms. The second kappa shape index (κ2) is 7.51. The van der Waals surface area contributed by atoms with Gasteiger partial charge in [-0.05, 0) is 42.8 Å². The average Bonchev–Trinajstić information content (AvgIpc) is 2.50. The molecule has 23 heavy (non-hydrogen) atoms. The van der Waals surface area contributed by atoms with E-state index < -0.39 is 5.91 Å². The van der Waals surface area contributed by atoms with Crippen molar-refractivity contribution in [3.05, 3.63) is 52.5 Å². The van der Waals surface area contributed by atoms with Gasteiger partial charge in [-0.2, -0.15) is 5.10 Å². The highest BCUT2D eigenvalue weighted by atomic mass is 35.5. The fraction of sp³-hybridized carbons (Fsp3) is 0.125. The monoisotopic (exact) mass is 334 g/mol. The van der Waals surface area contributed by atoms with E-state index in [1.54, 1.807) is 18.2 Å². The van der Waals surface area contributed by atoms with Crippen LogP contribution in [0.25, 0.3) is 0 Å². The van der Waals surface area contributed by atoms with Crippen LogP contribution in [0.2, 0.25) is 5.02 Å². The molecule has 0 atom stereocenters. The lowest BCUT2D eigenvalue weighted by atomic mass is 10.2. The molecule has 3 N–H and O–H groups in total. The first-order valence-electron chi connectivity index (χ1n) is 6.68. The van der Waals surface area contributed by atoms with Gasteiger partial charge in [0, 0.05) is 16.7 Å². The Morgan fingerprint density at radius 2 is 2.09 bits per heavy atom. The Balaban J connectivity index is 1.85. The maximum atomic E-state index is 11.6. The third kappa shape index (κ3) is 4.89. The standard InChI is InChI=1S/C16H15ClN2O4/c1-10-6-13(4-5-14(10)17)23-9-16(22)19-18-8-11-2-3-12(20)7-15(11)21/h2-8,20-21H,9H2,1H3,(H,19,22)/b18-8+. The number of carbonyl (C=O) groups is 1. The van der Waals surface area contributed by atoms with E-state index in [4.69, 9.17) is 21.4 Å². The minimum absolute atomic E-state index is 0.0599. The van der Waals surface area contributed by atoms with Crippen LogP contribution < -0.4 is 10.2 Å². The van der Waals surface area contributed by atoms with E-state index in [9.17, 15) is 9.90 Å². The third-order valence-electron chi connectivity index (χ3n) is 2.91. The molecule has 0 heterocycles. The molecule has 7 heteroatoms. The minimum atomic E-state index is -0.452. The molecule has 0 fully saturated rings. The summed E-state index contributed by atoms with van der Waals surface area (Å²) < 4.78 is 5.32. The highest BCUT2D eigenvalue weighted by molar-refractivity contribution is 6.31. The molecule has 0 spiro atoms. The molecule has 0 unspecified atom stereocenters. The van der Waals surface area contributed by atoms with Gasteiger partial charge in [-0.3, -0.25) is 4.79 Å². The molecule has 120 valence electrons. The van der Waals surface area contributed by atoms with E-state index in [1.807, 2.05) is 6.92 Å². The first-order chi connectivity index (χ1) is 11.0. The second-order valence-corrected chi connectivity index (χ2v) is 5.14. The molecule has 0 aliphatic carbocycles.